The van der Waals surface area contributed by atoms with Gasteiger partial charge in [0.2, 0.25) is 0 Å². The first-order valence-electron chi connectivity index (χ1n) is 6.01. The zero-order valence-electron chi connectivity index (χ0n) is 10.7. The van der Waals surface area contributed by atoms with Gasteiger partial charge in [0.15, 0.2) is 0 Å². The first kappa shape index (κ1) is 13.1. The van der Waals surface area contributed by atoms with Gasteiger partial charge in [-0.05, 0) is 18.1 Å². The minimum absolute atomic E-state index is 0.111. The topological polar surface area (TPSA) is 56.7 Å². The van der Waals surface area contributed by atoms with Gasteiger partial charge in [-0.3, -0.25) is 9.67 Å². The molecule has 0 spiro atoms. The van der Waals surface area contributed by atoms with Gasteiger partial charge in [-0.15, -0.1) is 11.8 Å². The number of thioether (sulfide) groups is 1. The third kappa shape index (κ3) is 3.11. The molecule has 0 saturated heterocycles. The van der Waals surface area contributed by atoms with Crippen molar-refractivity contribution in [1.82, 2.24) is 14.8 Å². The molecule has 2 aromatic rings. The summed E-state index contributed by atoms with van der Waals surface area (Å²) in [6.07, 6.45) is 8.50. The number of hydrogen-bond donors (Lipinski definition) is 1. The number of nitrogens with zero attached hydrogens (tertiary/aromatic N) is 3. The number of nitrogens with two attached hydrogens (primary N) is 1. The molecule has 2 heterocycles. The van der Waals surface area contributed by atoms with Gasteiger partial charge in [0.1, 0.15) is 0 Å². The van der Waals surface area contributed by atoms with E-state index in [1.807, 2.05) is 31.7 Å². The van der Waals surface area contributed by atoms with Crippen molar-refractivity contribution in [3.8, 4) is 0 Å². The third-order valence-electron chi connectivity index (χ3n) is 2.82. The van der Waals surface area contributed by atoms with Crippen molar-refractivity contribution in [2.75, 3.05) is 0 Å². The summed E-state index contributed by atoms with van der Waals surface area (Å²) < 4.78 is 1.81. The smallest absolute Gasteiger partial charge is 0.0626 e. The van der Waals surface area contributed by atoms with Crippen LogP contribution in [0.15, 0.2) is 41.8 Å². The van der Waals surface area contributed by atoms with Crippen LogP contribution in [-0.2, 0) is 7.05 Å². The number of rotatable bonds is 5. The van der Waals surface area contributed by atoms with E-state index in [0.29, 0.717) is 0 Å². The van der Waals surface area contributed by atoms with Crippen molar-refractivity contribution >= 4 is 11.8 Å². The zero-order chi connectivity index (χ0) is 13.0. The van der Waals surface area contributed by atoms with Crippen molar-refractivity contribution in [3.63, 3.8) is 0 Å². The van der Waals surface area contributed by atoms with Gasteiger partial charge in [-0.1, -0.05) is 13.0 Å². The molecule has 0 aliphatic rings. The molecule has 4 nitrogen and oxygen atoms in total. The van der Waals surface area contributed by atoms with Crippen LogP contribution in [0.4, 0.5) is 0 Å². The predicted octanol–water partition coefficient (Wildman–Crippen LogP) is 2.39. The summed E-state index contributed by atoms with van der Waals surface area (Å²) in [6.45, 7) is 2.11. The van der Waals surface area contributed by atoms with E-state index >= 15 is 0 Å². The van der Waals surface area contributed by atoms with Crippen molar-refractivity contribution in [2.24, 2.45) is 12.8 Å². The van der Waals surface area contributed by atoms with E-state index in [-0.39, 0.29) is 11.3 Å². The Balaban J connectivity index is 2.21. The highest BCUT2D eigenvalue weighted by molar-refractivity contribution is 7.99. The monoisotopic (exact) mass is 262 g/mol. The van der Waals surface area contributed by atoms with Crippen molar-refractivity contribution < 1.29 is 0 Å². The molecule has 0 radical (unpaired) electrons. The summed E-state index contributed by atoms with van der Waals surface area (Å²) >= 11 is 1.75. The Kier molecular flexibility index (Phi) is 4.38. The van der Waals surface area contributed by atoms with Crippen LogP contribution in [0.5, 0.6) is 0 Å². The zero-order valence-corrected chi connectivity index (χ0v) is 11.5. The SMILES string of the molecule is CCC(N)C(Sc1cnn(C)c1)c1cccnc1. The average molecular weight is 262 g/mol. The Morgan fingerprint density at radius 3 is 2.83 bits per heavy atom. The van der Waals surface area contributed by atoms with Crippen molar-refractivity contribution in [2.45, 2.75) is 29.5 Å². The number of pyridine rings is 1. The van der Waals surface area contributed by atoms with E-state index in [2.05, 4.69) is 23.1 Å². The van der Waals surface area contributed by atoms with Crippen LogP contribution in [-0.4, -0.2) is 20.8 Å². The van der Waals surface area contributed by atoms with Crippen LogP contribution >= 0.6 is 11.8 Å². The molecule has 5 heteroatoms. The van der Waals surface area contributed by atoms with Crippen LogP contribution in [0.1, 0.15) is 24.2 Å². The van der Waals surface area contributed by atoms with E-state index in [4.69, 9.17) is 5.73 Å². The van der Waals surface area contributed by atoms with Gasteiger partial charge in [-0.2, -0.15) is 5.10 Å². The number of aryl methyl sites for hydroxylation is 1. The fraction of sp³-hybridized carbons (Fsp3) is 0.385. The summed E-state index contributed by atoms with van der Waals surface area (Å²) in [4.78, 5) is 5.31. The highest BCUT2D eigenvalue weighted by Gasteiger charge is 2.20. The summed E-state index contributed by atoms with van der Waals surface area (Å²) in [7, 11) is 1.92. The van der Waals surface area contributed by atoms with E-state index in [0.717, 1.165) is 11.3 Å². The molecule has 0 bridgehead atoms. The third-order valence-corrected chi connectivity index (χ3v) is 4.18. The molecule has 0 aliphatic carbocycles. The second-order valence-corrected chi connectivity index (χ2v) is 5.46. The molecule has 96 valence electrons. The van der Waals surface area contributed by atoms with Crippen molar-refractivity contribution in [1.29, 1.82) is 0 Å². The molecule has 2 N–H and O–H groups in total. The Hall–Kier alpha value is -1.33. The molecule has 2 rings (SSSR count). The fourth-order valence-electron chi connectivity index (χ4n) is 1.77. The Morgan fingerprint density at radius 2 is 2.28 bits per heavy atom. The molecule has 2 unspecified atom stereocenters. The van der Waals surface area contributed by atoms with E-state index in [9.17, 15) is 0 Å². The first-order chi connectivity index (χ1) is 8.70. The highest BCUT2D eigenvalue weighted by Crippen LogP contribution is 2.37. The summed E-state index contributed by atoms with van der Waals surface area (Å²) in [6, 6.07) is 4.14. The van der Waals surface area contributed by atoms with Gasteiger partial charge in [0, 0.05) is 36.6 Å². The maximum Gasteiger partial charge on any atom is 0.0626 e. The van der Waals surface area contributed by atoms with Crippen LogP contribution in [0.3, 0.4) is 0 Å². The quantitative estimate of drug-likeness (QED) is 0.841. The minimum Gasteiger partial charge on any atom is -0.326 e. The standard InChI is InChI=1S/C13H18N4S/c1-3-12(14)13(10-5-4-6-15-7-10)18-11-8-16-17(2)9-11/h4-9,12-13H,3,14H2,1-2H3. The average Bonchev–Trinajstić information content (AvgIpc) is 2.82. The van der Waals surface area contributed by atoms with E-state index in [1.54, 1.807) is 22.6 Å². The highest BCUT2D eigenvalue weighted by atomic mass is 32.2. The van der Waals surface area contributed by atoms with E-state index < -0.39 is 0 Å². The first-order valence-corrected chi connectivity index (χ1v) is 6.89. The molecule has 0 saturated carbocycles. The molecule has 0 amide bonds. The summed E-state index contributed by atoms with van der Waals surface area (Å²) in [5.41, 5.74) is 7.40. The molecule has 0 aromatic carbocycles. The lowest BCUT2D eigenvalue weighted by Crippen LogP contribution is -2.25. The second kappa shape index (κ2) is 6.02. The largest absolute Gasteiger partial charge is 0.326 e. The summed E-state index contributed by atoms with van der Waals surface area (Å²) in [5, 5.41) is 4.40. The van der Waals surface area contributed by atoms with Crippen LogP contribution < -0.4 is 5.73 Å². The lowest BCUT2D eigenvalue weighted by Gasteiger charge is -2.21. The lowest BCUT2D eigenvalue weighted by atomic mass is 10.1. The maximum atomic E-state index is 6.23. The van der Waals surface area contributed by atoms with Gasteiger partial charge in [0.05, 0.1) is 11.4 Å². The minimum atomic E-state index is 0.111. The van der Waals surface area contributed by atoms with Crippen LogP contribution in [0, 0.1) is 0 Å². The Labute approximate surface area is 112 Å². The summed E-state index contributed by atoms with van der Waals surface area (Å²) in [5.74, 6) is 0. The molecule has 2 aromatic heterocycles. The second-order valence-electron chi connectivity index (χ2n) is 4.25. The van der Waals surface area contributed by atoms with Crippen LogP contribution in [0.2, 0.25) is 0 Å². The Bertz CT molecular complexity index is 483. The Morgan fingerprint density at radius 1 is 1.44 bits per heavy atom. The molecule has 2 atom stereocenters. The molecular weight excluding hydrogens is 244 g/mol. The van der Waals surface area contributed by atoms with Gasteiger partial charge >= 0.3 is 0 Å². The van der Waals surface area contributed by atoms with Gasteiger partial charge in [-0.25, -0.2) is 0 Å². The lowest BCUT2D eigenvalue weighted by molar-refractivity contribution is 0.633. The number of aromatic nitrogens is 3. The molecule has 18 heavy (non-hydrogen) atoms. The molecule has 0 fully saturated rings. The molecule has 0 aliphatic heterocycles. The number of hydrogen-bond acceptors (Lipinski definition) is 4. The fourth-order valence-corrected chi connectivity index (χ4v) is 3.02. The predicted molar refractivity (Wildman–Crippen MR) is 74.3 cm³/mol. The van der Waals surface area contributed by atoms with E-state index in [1.165, 1.54) is 5.56 Å². The van der Waals surface area contributed by atoms with Crippen molar-refractivity contribution in [3.05, 3.63) is 42.5 Å². The molecular formula is C13H18N4S. The van der Waals surface area contributed by atoms with Gasteiger partial charge < -0.3 is 5.73 Å². The van der Waals surface area contributed by atoms with Crippen LogP contribution in [0.25, 0.3) is 0 Å². The normalized spacial score (nSPS) is 14.4. The van der Waals surface area contributed by atoms with Gasteiger partial charge in [0.25, 0.3) is 0 Å². The maximum absolute atomic E-state index is 6.23.